The van der Waals surface area contributed by atoms with Crippen molar-refractivity contribution in [3.05, 3.63) is 52.5 Å². The Morgan fingerprint density at radius 1 is 1.21 bits per heavy atom. The van der Waals surface area contributed by atoms with Crippen LogP contribution in [0.4, 0.5) is 5.69 Å². The van der Waals surface area contributed by atoms with Crippen LogP contribution in [0.2, 0.25) is 5.02 Å². The van der Waals surface area contributed by atoms with Gasteiger partial charge in [0.2, 0.25) is 0 Å². The van der Waals surface area contributed by atoms with Gasteiger partial charge in [0.05, 0.1) is 12.8 Å². The summed E-state index contributed by atoms with van der Waals surface area (Å²) in [6.45, 7) is 5.97. The van der Waals surface area contributed by atoms with Crippen molar-refractivity contribution in [2.75, 3.05) is 19.0 Å². The van der Waals surface area contributed by atoms with E-state index in [-0.39, 0.29) is 12.5 Å². The Labute approximate surface area is 147 Å². The van der Waals surface area contributed by atoms with Gasteiger partial charge >= 0.3 is 0 Å². The molecule has 0 bridgehead atoms. The molecule has 0 aromatic heterocycles. The molecule has 5 heteroatoms. The molecule has 1 amide bonds. The van der Waals surface area contributed by atoms with E-state index in [4.69, 9.17) is 21.1 Å². The second-order valence-corrected chi connectivity index (χ2v) is 6.24. The minimum absolute atomic E-state index is 0.0748. The number of rotatable bonds is 6. The van der Waals surface area contributed by atoms with Crippen molar-refractivity contribution in [3.63, 3.8) is 0 Å². The van der Waals surface area contributed by atoms with Crippen LogP contribution in [0.1, 0.15) is 30.9 Å². The second-order valence-electron chi connectivity index (χ2n) is 5.83. The van der Waals surface area contributed by atoms with E-state index in [1.165, 1.54) is 7.11 Å². The maximum atomic E-state index is 12.2. The number of amides is 1. The van der Waals surface area contributed by atoms with Crippen LogP contribution in [0.3, 0.4) is 0 Å². The summed E-state index contributed by atoms with van der Waals surface area (Å²) >= 11 is 6.07. The van der Waals surface area contributed by atoms with Crippen LogP contribution in [0.15, 0.2) is 36.4 Å². The third-order valence-corrected chi connectivity index (χ3v) is 4.06. The molecule has 0 aliphatic rings. The molecule has 0 aliphatic carbocycles. The molecule has 0 atom stereocenters. The van der Waals surface area contributed by atoms with Crippen molar-refractivity contribution in [2.45, 2.75) is 26.7 Å². The maximum Gasteiger partial charge on any atom is 0.262 e. The van der Waals surface area contributed by atoms with Crippen molar-refractivity contribution in [1.82, 2.24) is 0 Å². The fourth-order valence-electron chi connectivity index (χ4n) is 2.35. The molecule has 1 N–H and O–H groups in total. The Balaban J connectivity index is 2.06. The summed E-state index contributed by atoms with van der Waals surface area (Å²) in [5.74, 6) is 1.31. The van der Waals surface area contributed by atoms with Gasteiger partial charge in [-0.15, -0.1) is 0 Å². The van der Waals surface area contributed by atoms with Gasteiger partial charge in [-0.1, -0.05) is 43.6 Å². The molecule has 0 radical (unpaired) electrons. The number of anilines is 1. The zero-order chi connectivity index (χ0) is 17.7. The molecule has 2 rings (SSSR count). The van der Waals surface area contributed by atoms with Crippen molar-refractivity contribution < 1.29 is 14.3 Å². The number of aryl methyl sites for hydroxylation is 1. The van der Waals surface area contributed by atoms with Crippen molar-refractivity contribution in [1.29, 1.82) is 0 Å². The standard InChI is InChI=1S/C19H22ClNO3/c1-12(2)14-7-5-6-8-17(14)24-11-19(22)21-16-9-13(3)15(20)10-18(16)23-4/h5-10,12H,11H2,1-4H3,(H,21,22). The summed E-state index contributed by atoms with van der Waals surface area (Å²) in [6.07, 6.45) is 0. The first-order valence-corrected chi connectivity index (χ1v) is 8.16. The van der Waals surface area contributed by atoms with Crippen molar-refractivity contribution in [2.24, 2.45) is 0 Å². The number of hydrogen-bond acceptors (Lipinski definition) is 3. The van der Waals surface area contributed by atoms with Crippen LogP contribution in [0.5, 0.6) is 11.5 Å². The predicted octanol–water partition coefficient (Wildman–Crippen LogP) is 4.80. The summed E-state index contributed by atoms with van der Waals surface area (Å²) in [5.41, 5.74) is 2.51. The minimum atomic E-state index is -0.256. The number of ether oxygens (including phenoxy) is 2. The molecule has 24 heavy (non-hydrogen) atoms. The third-order valence-electron chi connectivity index (χ3n) is 3.65. The molecule has 0 spiro atoms. The average Bonchev–Trinajstić information content (AvgIpc) is 2.56. The van der Waals surface area contributed by atoms with Gasteiger partial charge in [-0.05, 0) is 36.1 Å². The van der Waals surface area contributed by atoms with Gasteiger partial charge in [0, 0.05) is 11.1 Å². The molecular weight excluding hydrogens is 326 g/mol. The molecule has 2 aromatic rings. The lowest BCUT2D eigenvalue weighted by Gasteiger charge is -2.15. The highest BCUT2D eigenvalue weighted by Gasteiger charge is 2.12. The Morgan fingerprint density at radius 2 is 1.92 bits per heavy atom. The molecule has 0 unspecified atom stereocenters. The number of para-hydroxylation sites is 1. The molecule has 0 heterocycles. The van der Waals surface area contributed by atoms with E-state index >= 15 is 0 Å². The zero-order valence-corrected chi connectivity index (χ0v) is 15.1. The van der Waals surface area contributed by atoms with E-state index in [0.717, 1.165) is 16.9 Å². The predicted molar refractivity (Wildman–Crippen MR) is 97.4 cm³/mol. The monoisotopic (exact) mass is 347 g/mol. The summed E-state index contributed by atoms with van der Waals surface area (Å²) in [6, 6.07) is 11.2. The highest BCUT2D eigenvalue weighted by atomic mass is 35.5. The van der Waals surface area contributed by atoms with Gasteiger partial charge in [-0.25, -0.2) is 0 Å². The zero-order valence-electron chi connectivity index (χ0n) is 14.4. The SMILES string of the molecule is COc1cc(Cl)c(C)cc1NC(=O)COc1ccccc1C(C)C. The molecule has 2 aromatic carbocycles. The van der Waals surface area contributed by atoms with E-state index in [9.17, 15) is 4.79 Å². The quantitative estimate of drug-likeness (QED) is 0.816. The number of nitrogens with one attached hydrogen (secondary N) is 1. The second kappa shape index (κ2) is 8.06. The molecule has 0 saturated heterocycles. The maximum absolute atomic E-state index is 12.2. The normalized spacial score (nSPS) is 10.6. The van der Waals surface area contributed by atoms with Crippen LogP contribution < -0.4 is 14.8 Å². The summed E-state index contributed by atoms with van der Waals surface area (Å²) in [7, 11) is 1.53. The number of carbonyl (C=O) groups excluding carboxylic acids is 1. The van der Waals surface area contributed by atoms with Gasteiger partial charge in [0.25, 0.3) is 5.91 Å². The Morgan fingerprint density at radius 3 is 2.58 bits per heavy atom. The summed E-state index contributed by atoms with van der Waals surface area (Å²) in [5, 5.41) is 3.39. The Bertz CT molecular complexity index is 729. The Hall–Kier alpha value is -2.20. The topological polar surface area (TPSA) is 47.6 Å². The van der Waals surface area contributed by atoms with Gasteiger partial charge in [-0.2, -0.15) is 0 Å². The molecule has 4 nitrogen and oxygen atoms in total. The number of benzene rings is 2. The third kappa shape index (κ3) is 4.42. The van der Waals surface area contributed by atoms with E-state index in [1.807, 2.05) is 31.2 Å². The summed E-state index contributed by atoms with van der Waals surface area (Å²) in [4.78, 5) is 12.2. The largest absolute Gasteiger partial charge is 0.495 e. The molecule has 0 saturated carbocycles. The molecule has 0 fully saturated rings. The van der Waals surface area contributed by atoms with Crippen LogP contribution in [-0.4, -0.2) is 19.6 Å². The smallest absolute Gasteiger partial charge is 0.262 e. The van der Waals surface area contributed by atoms with Crippen LogP contribution in [0.25, 0.3) is 0 Å². The number of hydrogen-bond donors (Lipinski definition) is 1. The van der Waals surface area contributed by atoms with Crippen LogP contribution >= 0.6 is 11.6 Å². The molecule has 0 aliphatic heterocycles. The minimum Gasteiger partial charge on any atom is -0.495 e. The lowest BCUT2D eigenvalue weighted by molar-refractivity contribution is -0.118. The first-order valence-electron chi connectivity index (χ1n) is 7.78. The van der Waals surface area contributed by atoms with Crippen LogP contribution in [0, 0.1) is 6.92 Å². The molecule has 128 valence electrons. The van der Waals surface area contributed by atoms with Crippen molar-refractivity contribution in [3.8, 4) is 11.5 Å². The highest BCUT2D eigenvalue weighted by molar-refractivity contribution is 6.31. The number of methoxy groups -OCH3 is 1. The van der Waals surface area contributed by atoms with Gasteiger partial charge < -0.3 is 14.8 Å². The first-order chi connectivity index (χ1) is 11.4. The van der Waals surface area contributed by atoms with E-state index in [1.54, 1.807) is 12.1 Å². The Kier molecular flexibility index (Phi) is 6.10. The fourth-order valence-corrected chi connectivity index (χ4v) is 2.50. The first kappa shape index (κ1) is 18.1. The van der Waals surface area contributed by atoms with Gasteiger partial charge in [-0.3, -0.25) is 4.79 Å². The average molecular weight is 348 g/mol. The number of halogens is 1. The highest BCUT2D eigenvalue weighted by Crippen LogP contribution is 2.31. The van der Waals surface area contributed by atoms with E-state index in [2.05, 4.69) is 19.2 Å². The van der Waals surface area contributed by atoms with E-state index < -0.39 is 0 Å². The van der Waals surface area contributed by atoms with Gasteiger partial charge in [0.1, 0.15) is 11.5 Å². The number of carbonyl (C=O) groups is 1. The fraction of sp³-hybridized carbons (Fsp3) is 0.316. The lowest BCUT2D eigenvalue weighted by Crippen LogP contribution is -2.21. The van der Waals surface area contributed by atoms with Crippen LogP contribution in [-0.2, 0) is 4.79 Å². The van der Waals surface area contributed by atoms with Gasteiger partial charge in [0.15, 0.2) is 6.61 Å². The summed E-state index contributed by atoms with van der Waals surface area (Å²) < 4.78 is 10.9. The van der Waals surface area contributed by atoms with E-state index in [0.29, 0.717) is 22.4 Å². The lowest BCUT2D eigenvalue weighted by atomic mass is 10.0. The molecular formula is C19H22ClNO3. The van der Waals surface area contributed by atoms with Crippen molar-refractivity contribution >= 4 is 23.2 Å².